The number of nitrogens with one attached hydrogen (secondary N) is 1. The van der Waals surface area contributed by atoms with Crippen molar-refractivity contribution in [1.82, 2.24) is 0 Å². The number of carbonyl (C=O) groups is 1. The van der Waals surface area contributed by atoms with E-state index >= 15 is 0 Å². The number of aryl methyl sites for hydroxylation is 2. The molecule has 0 spiro atoms. The fraction of sp³-hybridized carbons (Fsp3) is 0.0952. The number of rotatable bonds is 5. The highest BCUT2D eigenvalue weighted by Crippen LogP contribution is 2.26. The van der Waals surface area contributed by atoms with Crippen molar-refractivity contribution in [3.05, 3.63) is 99.0 Å². The van der Waals surface area contributed by atoms with Gasteiger partial charge < -0.3 is 5.32 Å². The molecular weight excluding hydrogens is 398 g/mol. The fourth-order valence-electron chi connectivity index (χ4n) is 2.66. The van der Waals surface area contributed by atoms with Crippen LogP contribution < -0.4 is 5.32 Å². The minimum Gasteiger partial charge on any atom is -0.322 e. The van der Waals surface area contributed by atoms with Crippen molar-refractivity contribution < 1.29 is 4.79 Å². The highest BCUT2D eigenvalue weighted by molar-refractivity contribution is 9.10. The molecule has 1 amide bonds. The molecule has 25 heavy (non-hydrogen) atoms. The van der Waals surface area contributed by atoms with E-state index in [1.165, 1.54) is 5.56 Å². The minimum absolute atomic E-state index is 0.123. The third-order valence-electron chi connectivity index (χ3n) is 3.97. The van der Waals surface area contributed by atoms with E-state index < -0.39 is 0 Å². The summed E-state index contributed by atoms with van der Waals surface area (Å²) in [4.78, 5) is 12.7. The lowest BCUT2D eigenvalue weighted by atomic mass is 9.99. The van der Waals surface area contributed by atoms with Gasteiger partial charge in [-0.1, -0.05) is 60.1 Å². The smallest absolute Gasteiger partial charge is 0.255 e. The summed E-state index contributed by atoms with van der Waals surface area (Å²) in [6, 6.07) is 23.4. The molecular formula is C21H17BrClNO. The molecule has 0 aliphatic heterocycles. The van der Waals surface area contributed by atoms with Crippen LogP contribution in [-0.2, 0) is 12.8 Å². The number of carbonyl (C=O) groups excluding carboxylic acids is 1. The molecule has 0 bridgehead atoms. The van der Waals surface area contributed by atoms with Crippen LogP contribution in [0.1, 0.15) is 21.5 Å². The van der Waals surface area contributed by atoms with Gasteiger partial charge in [0.1, 0.15) is 0 Å². The van der Waals surface area contributed by atoms with Gasteiger partial charge in [0.2, 0.25) is 0 Å². The molecule has 0 unspecified atom stereocenters. The van der Waals surface area contributed by atoms with Crippen LogP contribution in [0.25, 0.3) is 0 Å². The summed E-state index contributed by atoms with van der Waals surface area (Å²) in [6.45, 7) is 0. The van der Waals surface area contributed by atoms with E-state index in [-0.39, 0.29) is 5.91 Å². The highest BCUT2D eigenvalue weighted by Gasteiger charge is 2.12. The maximum absolute atomic E-state index is 12.7. The summed E-state index contributed by atoms with van der Waals surface area (Å²) in [5.74, 6) is -0.123. The van der Waals surface area contributed by atoms with Crippen molar-refractivity contribution >= 4 is 39.1 Å². The Morgan fingerprint density at radius 1 is 0.920 bits per heavy atom. The Bertz CT molecular complexity index is 880. The Labute approximate surface area is 161 Å². The van der Waals surface area contributed by atoms with Crippen LogP contribution in [0.2, 0.25) is 5.02 Å². The lowest BCUT2D eigenvalue weighted by Crippen LogP contribution is -2.14. The van der Waals surface area contributed by atoms with Crippen LogP contribution >= 0.6 is 27.5 Å². The van der Waals surface area contributed by atoms with Gasteiger partial charge in [-0.2, -0.15) is 0 Å². The third kappa shape index (κ3) is 4.71. The number of hydrogen-bond acceptors (Lipinski definition) is 1. The van der Waals surface area contributed by atoms with Crippen LogP contribution in [0.15, 0.2) is 77.3 Å². The van der Waals surface area contributed by atoms with Crippen LogP contribution in [0, 0.1) is 0 Å². The molecule has 0 radical (unpaired) electrons. The molecule has 3 aromatic carbocycles. The van der Waals surface area contributed by atoms with Gasteiger partial charge in [0.05, 0.1) is 5.02 Å². The van der Waals surface area contributed by atoms with Crippen molar-refractivity contribution in [2.45, 2.75) is 12.8 Å². The van der Waals surface area contributed by atoms with E-state index in [1.54, 1.807) is 6.07 Å². The molecule has 126 valence electrons. The largest absolute Gasteiger partial charge is 0.322 e. The van der Waals surface area contributed by atoms with E-state index in [2.05, 4.69) is 33.4 Å². The van der Waals surface area contributed by atoms with Gasteiger partial charge in [-0.3, -0.25) is 4.79 Å². The van der Waals surface area contributed by atoms with Crippen molar-refractivity contribution in [3.63, 3.8) is 0 Å². The Morgan fingerprint density at radius 3 is 2.40 bits per heavy atom. The second-order valence-corrected chi connectivity index (χ2v) is 6.99. The van der Waals surface area contributed by atoms with Gasteiger partial charge in [-0.25, -0.2) is 0 Å². The number of amides is 1. The normalized spacial score (nSPS) is 10.5. The summed E-state index contributed by atoms with van der Waals surface area (Å²) in [7, 11) is 0. The van der Waals surface area contributed by atoms with Gasteiger partial charge in [0, 0.05) is 15.7 Å². The van der Waals surface area contributed by atoms with Crippen LogP contribution in [0.4, 0.5) is 5.69 Å². The zero-order valence-corrected chi connectivity index (χ0v) is 15.8. The Hall–Kier alpha value is -2.10. The summed E-state index contributed by atoms with van der Waals surface area (Å²) in [5, 5.41) is 3.49. The molecule has 0 saturated carbocycles. The third-order valence-corrected chi connectivity index (χ3v) is 5.20. The first-order valence-corrected chi connectivity index (χ1v) is 9.19. The van der Waals surface area contributed by atoms with Crippen LogP contribution in [-0.4, -0.2) is 5.91 Å². The molecule has 2 nitrogen and oxygen atoms in total. The Kier molecular flexibility index (Phi) is 5.90. The van der Waals surface area contributed by atoms with Crippen LogP contribution in [0.5, 0.6) is 0 Å². The summed E-state index contributed by atoms with van der Waals surface area (Å²) < 4.78 is 0.801. The van der Waals surface area contributed by atoms with Crippen molar-refractivity contribution in [2.24, 2.45) is 0 Å². The Balaban J connectivity index is 1.75. The second kappa shape index (κ2) is 8.32. The molecule has 3 aromatic rings. The molecule has 0 fully saturated rings. The Morgan fingerprint density at radius 2 is 1.64 bits per heavy atom. The predicted molar refractivity (Wildman–Crippen MR) is 107 cm³/mol. The number of anilines is 1. The summed E-state index contributed by atoms with van der Waals surface area (Å²) in [6.07, 6.45) is 1.71. The fourth-order valence-corrected chi connectivity index (χ4v) is 3.08. The molecule has 0 aliphatic rings. The molecule has 4 heteroatoms. The van der Waals surface area contributed by atoms with E-state index in [0.29, 0.717) is 16.3 Å². The van der Waals surface area contributed by atoms with Crippen molar-refractivity contribution in [3.8, 4) is 0 Å². The van der Waals surface area contributed by atoms with Crippen molar-refractivity contribution in [2.75, 3.05) is 5.32 Å². The van der Waals surface area contributed by atoms with Gasteiger partial charge >= 0.3 is 0 Å². The van der Waals surface area contributed by atoms with Gasteiger partial charge in [-0.15, -0.1) is 0 Å². The van der Waals surface area contributed by atoms with Gasteiger partial charge in [0.25, 0.3) is 5.91 Å². The molecule has 1 N–H and O–H groups in total. The SMILES string of the molecule is O=C(Nc1ccc(Br)c(Cl)c1)c1ccccc1CCc1ccccc1. The molecule has 0 atom stereocenters. The lowest BCUT2D eigenvalue weighted by molar-refractivity contribution is 0.102. The molecule has 0 aromatic heterocycles. The topological polar surface area (TPSA) is 29.1 Å². The summed E-state index contributed by atoms with van der Waals surface area (Å²) >= 11 is 9.44. The monoisotopic (exact) mass is 413 g/mol. The second-order valence-electron chi connectivity index (χ2n) is 5.73. The predicted octanol–water partition coefficient (Wildman–Crippen LogP) is 6.14. The van der Waals surface area contributed by atoms with Crippen LogP contribution in [0.3, 0.4) is 0 Å². The minimum atomic E-state index is -0.123. The number of halogens is 2. The number of hydrogen-bond donors (Lipinski definition) is 1. The average molecular weight is 415 g/mol. The highest BCUT2D eigenvalue weighted by atomic mass is 79.9. The van der Waals surface area contributed by atoms with E-state index in [1.807, 2.05) is 54.6 Å². The first kappa shape index (κ1) is 17.7. The zero-order chi connectivity index (χ0) is 17.6. The van der Waals surface area contributed by atoms with Gasteiger partial charge in [0.15, 0.2) is 0 Å². The lowest BCUT2D eigenvalue weighted by Gasteiger charge is -2.11. The summed E-state index contributed by atoms with van der Waals surface area (Å²) in [5.41, 5.74) is 3.66. The van der Waals surface area contributed by atoms with Gasteiger partial charge in [-0.05, 0) is 64.2 Å². The van der Waals surface area contributed by atoms with E-state index in [9.17, 15) is 4.79 Å². The number of benzene rings is 3. The van der Waals surface area contributed by atoms with Crippen molar-refractivity contribution in [1.29, 1.82) is 0 Å². The maximum atomic E-state index is 12.7. The first-order chi connectivity index (χ1) is 12.1. The molecule has 0 heterocycles. The average Bonchev–Trinajstić information content (AvgIpc) is 2.64. The first-order valence-electron chi connectivity index (χ1n) is 8.02. The maximum Gasteiger partial charge on any atom is 0.255 e. The van der Waals surface area contributed by atoms with E-state index in [0.717, 1.165) is 22.9 Å². The molecule has 3 rings (SSSR count). The van der Waals surface area contributed by atoms with E-state index in [4.69, 9.17) is 11.6 Å². The zero-order valence-electron chi connectivity index (χ0n) is 13.5. The standard InChI is InChI=1S/C21H17BrClNO/c22-19-13-12-17(14-20(19)23)24-21(25)18-9-5-4-8-16(18)11-10-15-6-2-1-3-7-15/h1-9,12-14H,10-11H2,(H,24,25). The quantitative estimate of drug-likeness (QED) is 0.534. The molecule has 0 saturated heterocycles. The molecule has 0 aliphatic carbocycles.